The molecule has 2 heterocycles. The molecule has 1 aliphatic heterocycles. The number of rotatable bonds is 6. The van der Waals surface area contributed by atoms with Gasteiger partial charge in [-0.05, 0) is 12.8 Å². The Morgan fingerprint density at radius 1 is 1.00 bits per heavy atom. The molecule has 1 fully saturated rings. The molecular weight excluding hydrogens is 310 g/mol. The van der Waals surface area contributed by atoms with Crippen molar-refractivity contribution in [2.45, 2.75) is 12.8 Å². The van der Waals surface area contributed by atoms with Crippen LogP contribution in [-0.2, 0) is 0 Å². The van der Waals surface area contributed by atoms with Crippen LogP contribution in [0.4, 0.5) is 17.5 Å². The number of aromatic nitrogens is 3. The van der Waals surface area contributed by atoms with Gasteiger partial charge in [-0.1, -0.05) is 0 Å². The summed E-state index contributed by atoms with van der Waals surface area (Å²) in [4.78, 5) is 6.74. The van der Waals surface area contributed by atoms with E-state index < -0.39 is 0 Å². The van der Waals surface area contributed by atoms with Crippen molar-refractivity contribution in [3.8, 4) is 17.2 Å². The molecule has 1 saturated heterocycles. The highest BCUT2D eigenvalue weighted by Crippen LogP contribution is 2.40. The number of hydrogen-bond donors (Lipinski definition) is 1. The Morgan fingerprint density at radius 3 is 2.25 bits per heavy atom. The van der Waals surface area contributed by atoms with E-state index in [1.807, 2.05) is 0 Å². The van der Waals surface area contributed by atoms with Gasteiger partial charge in [-0.25, -0.2) is 0 Å². The Balaban J connectivity index is 1.86. The largest absolute Gasteiger partial charge is 0.493 e. The van der Waals surface area contributed by atoms with Gasteiger partial charge in [0.15, 0.2) is 17.3 Å². The van der Waals surface area contributed by atoms with Crippen LogP contribution in [0.25, 0.3) is 0 Å². The van der Waals surface area contributed by atoms with E-state index in [0.717, 1.165) is 24.6 Å². The summed E-state index contributed by atoms with van der Waals surface area (Å²) in [6, 6.07) is 3.60. The molecule has 0 atom stereocenters. The van der Waals surface area contributed by atoms with Gasteiger partial charge in [-0.2, -0.15) is 10.1 Å². The molecule has 8 nitrogen and oxygen atoms in total. The number of anilines is 3. The monoisotopic (exact) mass is 331 g/mol. The van der Waals surface area contributed by atoms with Gasteiger partial charge in [-0.15, -0.1) is 5.10 Å². The molecule has 0 unspecified atom stereocenters. The zero-order valence-corrected chi connectivity index (χ0v) is 14.1. The molecule has 1 N–H and O–H groups in total. The minimum absolute atomic E-state index is 0.425. The summed E-state index contributed by atoms with van der Waals surface area (Å²) in [7, 11) is 4.72. The van der Waals surface area contributed by atoms with Crippen molar-refractivity contribution >= 4 is 17.5 Å². The van der Waals surface area contributed by atoms with Crippen molar-refractivity contribution in [3.63, 3.8) is 0 Å². The highest BCUT2D eigenvalue weighted by Gasteiger charge is 2.16. The molecule has 1 aliphatic rings. The molecule has 2 aromatic rings. The first kappa shape index (κ1) is 16.1. The van der Waals surface area contributed by atoms with Crippen molar-refractivity contribution in [1.29, 1.82) is 0 Å². The van der Waals surface area contributed by atoms with E-state index in [2.05, 4.69) is 25.4 Å². The minimum atomic E-state index is 0.425. The quantitative estimate of drug-likeness (QED) is 0.863. The topological polar surface area (TPSA) is 81.6 Å². The third-order valence-electron chi connectivity index (χ3n) is 3.90. The maximum Gasteiger partial charge on any atom is 0.249 e. The fourth-order valence-corrected chi connectivity index (χ4v) is 2.73. The van der Waals surface area contributed by atoms with Crippen LogP contribution in [0.1, 0.15) is 12.8 Å². The second kappa shape index (κ2) is 7.20. The predicted molar refractivity (Wildman–Crippen MR) is 90.7 cm³/mol. The van der Waals surface area contributed by atoms with Gasteiger partial charge >= 0.3 is 0 Å². The first-order valence-electron chi connectivity index (χ1n) is 7.77. The first-order chi connectivity index (χ1) is 11.7. The number of nitrogens with zero attached hydrogens (tertiary/aromatic N) is 4. The summed E-state index contributed by atoms with van der Waals surface area (Å²) in [5.41, 5.74) is 0.727. The van der Waals surface area contributed by atoms with Crippen LogP contribution in [0.2, 0.25) is 0 Å². The van der Waals surface area contributed by atoms with Crippen LogP contribution in [0, 0.1) is 0 Å². The predicted octanol–water partition coefficient (Wildman–Crippen LogP) is 2.24. The van der Waals surface area contributed by atoms with Gasteiger partial charge in [-0.3, -0.25) is 0 Å². The Labute approximate surface area is 140 Å². The normalized spacial score (nSPS) is 13.7. The SMILES string of the molecule is COc1cc(Nc2nncc(N3CCCC3)n2)cc(OC)c1OC. The molecule has 3 rings (SSSR count). The maximum absolute atomic E-state index is 5.35. The molecule has 0 aliphatic carbocycles. The summed E-state index contributed by atoms with van der Waals surface area (Å²) < 4.78 is 16.0. The van der Waals surface area contributed by atoms with Gasteiger partial charge in [0.1, 0.15) is 0 Å². The van der Waals surface area contributed by atoms with E-state index in [9.17, 15) is 0 Å². The van der Waals surface area contributed by atoms with E-state index in [-0.39, 0.29) is 0 Å². The summed E-state index contributed by atoms with van der Waals surface area (Å²) in [5.74, 6) is 2.91. The van der Waals surface area contributed by atoms with Crippen LogP contribution in [-0.4, -0.2) is 49.6 Å². The molecule has 1 aromatic carbocycles. The highest BCUT2D eigenvalue weighted by molar-refractivity contribution is 5.65. The summed E-state index contributed by atoms with van der Waals surface area (Å²) in [5, 5.41) is 11.2. The zero-order valence-electron chi connectivity index (χ0n) is 14.1. The average molecular weight is 331 g/mol. The van der Waals surface area contributed by atoms with Crippen molar-refractivity contribution in [1.82, 2.24) is 15.2 Å². The summed E-state index contributed by atoms with van der Waals surface area (Å²) >= 11 is 0. The van der Waals surface area contributed by atoms with Gasteiger partial charge < -0.3 is 24.4 Å². The molecular formula is C16H21N5O3. The van der Waals surface area contributed by atoms with E-state index in [1.54, 1.807) is 39.7 Å². The van der Waals surface area contributed by atoms with Crippen molar-refractivity contribution in [3.05, 3.63) is 18.3 Å². The van der Waals surface area contributed by atoms with Crippen LogP contribution >= 0.6 is 0 Å². The number of nitrogens with one attached hydrogen (secondary N) is 1. The van der Waals surface area contributed by atoms with Crippen molar-refractivity contribution in [2.75, 3.05) is 44.6 Å². The van der Waals surface area contributed by atoms with Crippen molar-refractivity contribution < 1.29 is 14.2 Å². The smallest absolute Gasteiger partial charge is 0.249 e. The third kappa shape index (κ3) is 3.27. The van der Waals surface area contributed by atoms with Gasteiger partial charge in [0, 0.05) is 30.9 Å². The lowest BCUT2D eigenvalue weighted by Gasteiger charge is -2.17. The third-order valence-corrected chi connectivity index (χ3v) is 3.90. The molecule has 128 valence electrons. The zero-order chi connectivity index (χ0) is 16.9. The maximum atomic E-state index is 5.35. The summed E-state index contributed by atoms with van der Waals surface area (Å²) in [6.07, 6.45) is 4.05. The second-order valence-corrected chi connectivity index (χ2v) is 5.37. The Morgan fingerprint density at radius 2 is 1.67 bits per heavy atom. The molecule has 0 spiro atoms. The lowest BCUT2D eigenvalue weighted by molar-refractivity contribution is 0.324. The van der Waals surface area contributed by atoms with Gasteiger partial charge in [0.2, 0.25) is 11.7 Å². The second-order valence-electron chi connectivity index (χ2n) is 5.37. The fraction of sp³-hybridized carbons (Fsp3) is 0.438. The number of benzene rings is 1. The minimum Gasteiger partial charge on any atom is -0.493 e. The van der Waals surface area contributed by atoms with Crippen LogP contribution in [0.5, 0.6) is 17.2 Å². The lowest BCUT2D eigenvalue weighted by Crippen LogP contribution is -2.19. The fourth-order valence-electron chi connectivity index (χ4n) is 2.73. The van der Waals surface area contributed by atoms with E-state index in [1.165, 1.54) is 12.8 Å². The van der Waals surface area contributed by atoms with Gasteiger partial charge in [0.25, 0.3) is 0 Å². The Kier molecular flexibility index (Phi) is 4.83. The lowest BCUT2D eigenvalue weighted by atomic mass is 10.2. The summed E-state index contributed by atoms with van der Waals surface area (Å²) in [6.45, 7) is 2.00. The molecule has 1 aromatic heterocycles. The molecule has 0 bridgehead atoms. The standard InChI is InChI=1S/C16H21N5O3/c1-22-12-8-11(9-13(23-2)15(12)24-3)18-16-19-14(10-17-20-16)21-6-4-5-7-21/h8-10H,4-7H2,1-3H3,(H,18,19,20). The number of ether oxygens (including phenoxy) is 3. The molecule has 8 heteroatoms. The first-order valence-corrected chi connectivity index (χ1v) is 7.77. The van der Waals surface area contributed by atoms with Crippen LogP contribution in [0.15, 0.2) is 18.3 Å². The van der Waals surface area contributed by atoms with Gasteiger partial charge in [0.05, 0.1) is 27.5 Å². The van der Waals surface area contributed by atoms with E-state index in [4.69, 9.17) is 14.2 Å². The van der Waals surface area contributed by atoms with Crippen LogP contribution < -0.4 is 24.4 Å². The Bertz CT molecular complexity index is 679. The average Bonchev–Trinajstić information content (AvgIpc) is 3.15. The molecule has 24 heavy (non-hydrogen) atoms. The van der Waals surface area contributed by atoms with Crippen molar-refractivity contribution in [2.24, 2.45) is 0 Å². The number of methoxy groups -OCH3 is 3. The number of hydrogen-bond acceptors (Lipinski definition) is 8. The Hall–Kier alpha value is -2.77. The molecule has 0 radical (unpaired) electrons. The van der Waals surface area contributed by atoms with E-state index in [0.29, 0.717) is 23.2 Å². The highest BCUT2D eigenvalue weighted by atomic mass is 16.5. The van der Waals surface area contributed by atoms with E-state index >= 15 is 0 Å². The molecule has 0 saturated carbocycles. The van der Waals surface area contributed by atoms with Crippen LogP contribution in [0.3, 0.4) is 0 Å². The molecule has 0 amide bonds.